The monoisotopic (exact) mass is 282 g/mol. The first kappa shape index (κ1) is 11.8. The molecule has 0 aliphatic heterocycles. The largest absolute Gasteiger partial charge is 0.508 e. The average molecular weight is 282 g/mol. The van der Waals surface area contributed by atoms with Crippen LogP contribution >= 0.6 is 0 Å². The van der Waals surface area contributed by atoms with E-state index in [2.05, 4.69) is 0 Å². The second-order valence-corrected chi connectivity index (χ2v) is 7.36. The molecule has 1 aromatic heterocycles. The number of rotatable bonds is 1. The van der Waals surface area contributed by atoms with Gasteiger partial charge in [0.05, 0.1) is 5.39 Å². The van der Waals surface area contributed by atoms with E-state index in [1.165, 1.54) is 38.2 Å². The molecule has 6 rings (SSSR count). The molecule has 0 spiro atoms. The predicted molar refractivity (Wildman–Crippen MR) is 79.4 cm³/mol. The minimum absolute atomic E-state index is 0.0252. The summed E-state index contributed by atoms with van der Waals surface area (Å²) in [4.78, 5) is 12.4. The normalized spacial score (nSPS) is 36.7. The Balaban J connectivity index is 1.72. The fourth-order valence-electron chi connectivity index (χ4n) is 5.59. The van der Waals surface area contributed by atoms with Crippen molar-refractivity contribution in [1.82, 2.24) is 0 Å². The number of hydrogen-bond donors (Lipinski definition) is 1. The second kappa shape index (κ2) is 3.70. The molecule has 4 bridgehead atoms. The number of phenolic OH excluding ortho intramolecular Hbond substituents is 1. The van der Waals surface area contributed by atoms with Gasteiger partial charge in [0.1, 0.15) is 17.1 Å². The number of benzene rings is 1. The molecule has 4 saturated carbocycles. The number of aromatic hydroxyl groups is 1. The third-order valence-electron chi connectivity index (χ3n) is 6.19. The van der Waals surface area contributed by atoms with E-state index < -0.39 is 0 Å². The van der Waals surface area contributed by atoms with E-state index >= 15 is 0 Å². The fourth-order valence-corrected chi connectivity index (χ4v) is 5.59. The quantitative estimate of drug-likeness (QED) is 0.869. The summed E-state index contributed by atoms with van der Waals surface area (Å²) in [5, 5.41) is 10.0. The highest BCUT2D eigenvalue weighted by molar-refractivity contribution is 5.78. The lowest BCUT2D eigenvalue weighted by molar-refractivity contribution is 0.245. The summed E-state index contributed by atoms with van der Waals surface area (Å²) in [6, 6.07) is 6.50. The molecule has 108 valence electrons. The van der Waals surface area contributed by atoms with E-state index in [-0.39, 0.29) is 16.6 Å². The van der Waals surface area contributed by atoms with Crippen molar-refractivity contribution in [2.45, 2.75) is 37.5 Å². The van der Waals surface area contributed by atoms with Gasteiger partial charge in [0.25, 0.3) is 0 Å². The maximum atomic E-state index is 12.4. The average Bonchev–Trinajstić information content (AvgIpc) is 2.85. The van der Waals surface area contributed by atoms with Crippen LogP contribution in [-0.2, 0) is 5.41 Å². The smallest absolute Gasteiger partial charge is 0.193 e. The lowest BCUT2D eigenvalue weighted by Gasteiger charge is -2.31. The maximum absolute atomic E-state index is 12.4. The van der Waals surface area contributed by atoms with Gasteiger partial charge in [-0.05, 0) is 68.1 Å². The van der Waals surface area contributed by atoms with Crippen molar-refractivity contribution in [3.05, 3.63) is 40.2 Å². The van der Waals surface area contributed by atoms with E-state index in [9.17, 15) is 9.90 Å². The summed E-state index contributed by atoms with van der Waals surface area (Å²) in [6.07, 6.45) is 6.40. The molecule has 2 aromatic rings. The molecule has 0 unspecified atom stereocenters. The molecule has 1 N–H and O–H groups in total. The minimum atomic E-state index is -0.0252. The molecule has 2 atom stereocenters. The minimum Gasteiger partial charge on any atom is -0.508 e. The lowest BCUT2D eigenvalue weighted by atomic mass is 9.74. The van der Waals surface area contributed by atoms with Gasteiger partial charge in [0.15, 0.2) is 5.43 Å². The van der Waals surface area contributed by atoms with Crippen LogP contribution in [0, 0.1) is 17.8 Å². The Bertz CT molecular complexity index is 790. The maximum Gasteiger partial charge on any atom is 0.193 e. The molecule has 1 heterocycles. The molecule has 3 nitrogen and oxygen atoms in total. The van der Waals surface area contributed by atoms with Crippen molar-refractivity contribution in [3.8, 4) is 5.75 Å². The molecule has 21 heavy (non-hydrogen) atoms. The van der Waals surface area contributed by atoms with Crippen molar-refractivity contribution in [2.24, 2.45) is 17.8 Å². The first-order valence-electron chi connectivity index (χ1n) is 7.91. The molecular weight excluding hydrogens is 264 g/mol. The highest BCUT2D eigenvalue weighted by Crippen LogP contribution is 2.65. The third kappa shape index (κ3) is 1.47. The van der Waals surface area contributed by atoms with E-state index in [1.807, 2.05) is 0 Å². The van der Waals surface area contributed by atoms with Crippen LogP contribution in [0.5, 0.6) is 5.75 Å². The van der Waals surface area contributed by atoms with Gasteiger partial charge in [0.2, 0.25) is 0 Å². The van der Waals surface area contributed by atoms with Crippen molar-refractivity contribution in [2.75, 3.05) is 0 Å². The Hall–Kier alpha value is -1.77. The second-order valence-electron chi connectivity index (χ2n) is 7.36. The fraction of sp³-hybridized carbons (Fsp3) is 0.500. The third-order valence-corrected chi connectivity index (χ3v) is 6.19. The Labute approximate surface area is 122 Å². The van der Waals surface area contributed by atoms with Crippen LogP contribution in [0.1, 0.15) is 37.9 Å². The SMILES string of the molecule is O=c1cc(C23C[C@@H]4CC2C[C@H](C4)C3)oc2ccc(O)cc12. The van der Waals surface area contributed by atoms with Gasteiger partial charge in [-0.25, -0.2) is 0 Å². The molecule has 0 radical (unpaired) electrons. The van der Waals surface area contributed by atoms with Gasteiger partial charge < -0.3 is 9.52 Å². The summed E-state index contributed by atoms with van der Waals surface area (Å²) in [5.74, 6) is 3.40. The van der Waals surface area contributed by atoms with Crippen molar-refractivity contribution in [3.63, 3.8) is 0 Å². The summed E-state index contributed by atoms with van der Waals surface area (Å²) < 4.78 is 6.14. The Morgan fingerprint density at radius 3 is 2.62 bits per heavy atom. The molecule has 0 saturated heterocycles. The molecule has 4 aliphatic rings. The van der Waals surface area contributed by atoms with Crippen molar-refractivity contribution in [1.29, 1.82) is 0 Å². The van der Waals surface area contributed by atoms with Gasteiger partial charge in [-0.2, -0.15) is 0 Å². The van der Waals surface area contributed by atoms with Gasteiger partial charge in [-0.1, -0.05) is 0 Å². The standard InChI is InChI=1S/C18H18O3/c19-13-1-2-16-14(6-13)15(20)7-17(21-16)18-8-10-3-11(9-18)5-12(18)4-10/h1-2,6-7,10-12,19H,3-5,8-9H2/t10-,11-,12?,18?/m0/s1. The molecule has 3 heteroatoms. The van der Waals surface area contributed by atoms with Crippen molar-refractivity contribution < 1.29 is 9.52 Å². The topological polar surface area (TPSA) is 50.4 Å². The first-order valence-corrected chi connectivity index (χ1v) is 7.91. The van der Waals surface area contributed by atoms with Crippen LogP contribution in [0.4, 0.5) is 0 Å². The Morgan fingerprint density at radius 1 is 1.10 bits per heavy atom. The van der Waals surface area contributed by atoms with E-state index in [1.54, 1.807) is 18.2 Å². The zero-order chi connectivity index (χ0) is 14.2. The van der Waals surface area contributed by atoms with Gasteiger partial charge in [-0.15, -0.1) is 0 Å². The van der Waals surface area contributed by atoms with Crippen LogP contribution in [0.15, 0.2) is 33.5 Å². The van der Waals surface area contributed by atoms with E-state index in [4.69, 9.17) is 4.42 Å². The van der Waals surface area contributed by atoms with Crippen LogP contribution in [-0.4, -0.2) is 5.11 Å². The van der Waals surface area contributed by atoms with Crippen LogP contribution in [0.25, 0.3) is 11.0 Å². The summed E-state index contributed by atoms with van der Waals surface area (Å²) >= 11 is 0. The Morgan fingerprint density at radius 2 is 1.86 bits per heavy atom. The molecule has 4 fully saturated rings. The summed E-state index contributed by atoms with van der Waals surface area (Å²) in [6.45, 7) is 0. The van der Waals surface area contributed by atoms with Gasteiger partial charge in [-0.3, -0.25) is 4.79 Å². The zero-order valence-corrected chi connectivity index (χ0v) is 11.8. The van der Waals surface area contributed by atoms with Crippen molar-refractivity contribution >= 4 is 11.0 Å². The number of hydrogen-bond acceptors (Lipinski definition) is 3. The van der Waals surface area contributed by atoms with Gasteiger partial charge >= 0.3 is 0 Å². The number of fused-ring (bicyclic) bond motifs is 1. The molecule has 4 aliphatic carbocycles. The van der Waals surface area contributed by atoms with Crippen LogP contribution in [0.3, 0.4) is 0 Å². The van der Waals surface area contributed by atoms with Crippen LogP contribution in [0.2, 0.25) is 0 Å². The highest BCUT2D eigenvalue weighted by atomic mass is 16.3. The van der Waals surface area contributed by atoms with Crippen LogP contribution < -0.4 is 5.43 Å². The predicted octanol–water partition coefficient (Wildman–Crippen LogP) is 3.58. The summed E-state index contributed by atoms with van der Waals surface area (Å²) in [7, 11) is 0. The lowest BCUT2D eigenvalue weighted by Crippen LogP contribution is -2.28. The molecule has 1 aromatic carbocycles. The van der Waals surface area contributed by atoms with E-state index in [0.717, 1.165) is 17.6 Å². The Kier molecular flexibility index (Phi) is 2.09. The zero-order valence-electron chi connectivity index (χ0n) is 11.8. The van der Waals surface area contributed by atoms with Gasteiger partial charge in [0, 0.05) is 11.5 Å². The first-order chi connectivity index (χ1) is 10.1. The number of phenols is 1. The molecular formula is C18H18O3. The van der Waals surface area contributed by atoms with E-state index in [0.29, 0.717) is 16.9 Å². The highest BCUT2D eigenvalue weighted by Gasteiger charge is 2.59. The molecule has 0 amide bonds. The summed E-state index contributed by atoms with van der Waals surface area (Å²) in [5.41, 5.74) is 0.706.